The molecule has 176 valence electrons. The van der Waals surface area contributed by atoms with Gasteiger partial charge in [0.25, 0.3) is 0 Å². The average molecular weight is 489 g/mol. The summed E-state index contributed by atoms with van der Waals surface area (Å²) in [6.45, 7) is 1.56. The van der Waals surface area contributed by atoms with Gasteiger partial charge < -0.3 is 39.4 Å². The number of nitrogens with one attached hydrogen (secondary N) is 1. The molecule has 2 saturated heterocycles. The summed E-state index contributed by atoms with van der Waals surface area (Å²) < 4.78 is 21.7. The number of rotatable bonds is 6. The van der Waals surface area contributed by atoms with Gasteiger partial charge in [0.05, 0.1) is 6.61 Å². The molecule has 2 aromatic heterocycles. The van der Waals surface area contributed by atoms with Crippen molar-refractivity contribution >= 4 is 36.0 Å². The van der Waals surface area contributed by atoms with Gasteiger partial charge in [0.15, 0.2) is 5.82 Å². The smallest absolute Gasteiger partial charge is 0.350 e. The first-order valence-corrected chi connectivity index (χ1v) is 12.8. The number of halogens is 1. The standard InChI is InChI=1S/C19H26ClN4O7P/c20-19-22-13-11(17-16(26)15(25)12(31-17)7-30-8-32(27,28)29)4-21-14(13)18(23-19)24-5-9-2-1-3-10(9)6-24/h4,9-10,12,15-17,21,25-26H,1-3,5-8H2,(H2,27,28,29)/t9?,10?,12-,15-,16-,17?/m1/s1. The van der Waals surface area contributed by atoms with Gasteiger partial charge in [-0.25, -0.2) is 4.98 Å². The third-order valence-electron chi connectivity index (χ3n) is 6.74. The number of aromatic amines is 1. The SMILES string of the molecule is O=P(O)(O)COC[C@H]1OC(c2c[nH]c3c(N4CC5CCCC5C4)nc(Cl)nc23)[C@H](O)[C@@H]1O. The Hall–Kier alpha value is -1.30. The fourth-order valence-electron chi connectivity index (χ4n) is 5.27. The minimum absolute atomic E-state index is 0.0833. The van der Waals surface area contributed by atoms with E-state index in [0.29, 0.717) is 28.4 Å². The van der Waals surface area contributed by atoms with Crippen LogP contribution < -0.4 is 4.90 Å². The van der Waals surface area contributed by atoms with Gasteiger partial charge in [0.1, 0.15) is 41.8 Å². The van der Waals surface area contributed by atoms with E-state index in [1.165, 1.54) is 19.3 Å². The van der Waals surface area contributed by atoms with Crippen LogP contribution in [0.15, 0.2) is 6.20 Å². The lowest BCUT2D eigenvalue weighted by Gasteiger charge is -2.19. The highest BCUT2D eigenvalue weighted by Gasteiger charge is 2.45. The molecule has 0 aromatic carbocycles. The molecule has 3 unspecified atom stereocenters. The van der Waals surface area contributed by atoms with Crippen molar-refractivity contribution in [3.8, 4) is 0 Å². The molecule has 1 saturated carbocycles. The van der Waals surface area contributed by atoms with Crippen LogP contribution in [-0.4, -0.2) is 79.3 Å². The van der Waals surface area contributed by atoms with Crippen LogP contribution in [0.2, 0.25) is 5.28 Å². The van der Waals surface area contributed by atoms with Crippen LogP contribution in [0.4, 0.5) is 5.82 Å². The molecule has 3 aliphatic rings. The number of hydrogen-bond acceptors (Lipinski definition) is 8. The number of hydrogen-bond donors (Lipinski definition) is 5. The largest absolute Gasteiger partial charge is 0.387 e. The summed E-state index contributed by atoms with van der Waals surface area (Å²) >= 11 is 6.25. The second-order valence-electron chi connectivity index (χ2n) is 8.88. The summed E-state index contributed by atoms with van der Waals surface area (Å²) in [7, 11) is -4.35. The maximum atomic E-state index is 11.0. The second-order valence-corrected chi connectivity index (χ2v) is 10.8. The highest BCUT2D eigenvalue weighted by molar-refractivity contribution is 7.51. The van der Waals surface area contributed by atoms with E-state index in [9.17, 15) is 14.8 Å². The molecule has 13 heteroatoms. The average Bonchev–Trinajstić information content (AvgIpc) is 3.46. The van der Waals surface area contributed by atoms with Crippen LogP contribution in [0.3, 0.4) is 0 Å². The number of anilines is 1. The van der Waals surface area contributed by atoms with Crippen LogP contribution in [0.1, 0.15) is 30.9 Å². The highest BCUT2D eigenvalue weighted by Crippen LogP contribution is 2.43. The number of ether oxygens (including phenoxy) is 2. The summed E-state index contributed by atoms with van der Waals surface area (Å²) in [5, 5.41) is 21.1. The van der Waals surface area contributed by atoms with Crippen molar-refractivity contribution in [3.63, 3.8) is 0 Å². The summed E-state index contributed by atoms with van der Waals surface area (Å²) in [6.07, 6.45) is 0.147. The third-order valence-corrected chi connectivity index (χ3v) is 7.43. The first kappa shape index (κ1) is 22.5. The molecule has 6 atom stereocenters. The van der Waals surface area contributed by atoms with E-state index in [2.05, 4.69) is 19.9 Å². The van der Waals surface area contributed by atoms with E-state index >= 15 is 0 Å². The molecule has 5 rings (SSSR count). The molecular formula is C19H26ClN4O7P. The van der Waals surface area contributed by atoms with Crippen LogP contribution >= 0.6 is 19.2 Å². The van der Waals surface area contributed by atoms with Gasteiger partial charge in [-0.15, -0.1) is 0 Å². The summed E-state index contributed by atoms with van der Waals surface area (Å²) in [5.74, 6) is 2.05. The van der Waals surface area contributed by atoms with Crippen molar-refractivity contribution < 1.29 is 34.0 Å². The lowest BCUT2D eigenvalue weighted by Crippen LogP contribution is -2.33. The second kappa shape index (κ2) is 8.48. The van der Waals surface area contributed by atoms with E-state index in [1.807, 2.05) is 0 Å². The van der Waals surface area contributed by atoms with E-state index in [0.717, 1.165) is 18.9 Å². The van der Waals surface area contributed by atoms with Crippen LogP contribution in [0.25, 0.3) is 11.0 Å². The predicted molar refractivity (Wildman–Crippen MR) is 114 cm³/mol. The fourth-order valence-corrected chi connectivity index (χ4v) is 5.78. The first-order chi connectivity index (χ1) is 15.2. The van der Waals surface area contributed by atoms with Gasteiger partial charge in [-0.1, -0.05) is 6.42 Å². The summed E-state index contributed by atoms with van der Waals surface area (Å²) in [6, 6.07) is 0. The summed E-state index contributed by atoms with van der Waals surface area (Å²) in [4.78, 5) is 32.1. The van der Waals surface area contributed by atoms with E-state index in [4.69, 9.17) is 30.9 Å². The molecule has 32 heavy (non-hydrogen) atoms. The molecule has 0 amide bonds. The molecule has 2 aliphatic heterocycles. The molecule has 3 fully saturated rings. The Morgan fingerprint density at radius 3 is 2.62 bits per heavy atom. The molecule has 0 bridgehead atoms. The van der Waals surface area contributed by atoms with Crippen molar-refractivity contribution in [2.24, 2.45) is 11.8 Å². The zero-order chi connectivity index (χ0) is 22.6. The first-order valence-electron chi connectivity index (χ1n) is 10.6. The van der Waals surface area contributed by atoms with E-state index < -0.39 is 38.4 Å². The molecule has 11 nitrogen and oxygen atoms in total. The zero-order valence-corrected chi connectivity index (χ0v) is 18.8. The van der Waals surface area contributed by atoms with Crippen LogP contribution in [0.5, 0.6) is 0 Å². The molecule has 1 aliphatic carbocycles. The lowest BCUT2D eigenvalue weighted by molar-refractivity contribution is -0.0387. The van der Waals surface area contributed by atoms with Crippen LogP contribution in [-0.2, 0) is 14.0 Å². The molecule has 5 N–H and O–H groups in total. The number of H-pyrrole nitrogens is 1. The Labute approximate surface area is 188 Å². The molecule has 4 heterocycles. The maximum absolute atomic E-state index is 11.0. The van der Waals surface area contributed by atoms with Crippen molar-refractivity contribution in [2.75, 3.05) is 30.9 Å². The number of nitrogens with zero attached hydrogens (tertiary/aromatic N) is 3. The topological polar surface area (TPSA) is 161 Å². The van der Waals surface area contributed by atoms with Gasteiger partial charge in [0, 0.05) is 24.8 Å². The normalized spacial score (nSPS) is 32.8. The Morgan fingerprint density at radius 2 is 1.94 bits per heavy atom. The fraction of sp³-hybridized carbons (Fsp3) is 0.684. The van der Waals surface area contributed by atoms with Gasteiger partial charge in [-0.2, -0.15) is 4.98 Å². The Bertz CT molecular complexity index is 1040. The van der Waals surface area contributed by atoms with E-state index in [1.54, 1.807) is 6.20 Å². The lowest BCUT2D eigenvalue weighted by atomic mass is 10.0. The number of aliphatic hydroxyl groups excluding tert-OH is 2. The van der Waals surface area contributed by atoms with Crippen molar-refractivity contribution in [1.82, 2.24) is 15.0 Å². The van der Waals surface area contributed by atoms with Crippen molar-refractivity contribution in [1.29, 1.82) is 0 Å². The molecule has 2 aromatic rings. The maximum Gasteiger partial charge on any atom is 0.350 e. The predicted octanol–water partition coefficient (Wildman–Crippen LogP) is 1.16. The number of fused-ring (bicyclic) bond motifs is 2. The Kier molecular flexibility index (Phi) is 5.96. The molecule has 0 radical (unpaired) electrons. The van der Waals surface area contributed by atoms with Crippen molar-refractivity contribution in [2.45, 2.75) is 43.7 Å². The van der Waals surface area contributed by atoms with Crippen LogP contribution in [0, 0.1) is 11.8 Å². The van der Waals surface area contributed by atoms with Gasteiger partial charge in [-0.3, -0.25) is 4.57 Å². The zero-order valence-electron chi connectivity index (χ0n) is 17.2. The Balaban J connectivity index is 1.39. The van der Waals surface area contributed by atoms with Gasteiger partial charge in [0.2, 0.25) is 5.28 Å². The minimum atomic E-state index is -4.35. The molecular weight excluding hydrogens is 463 g/mol. The molecule has 0 spiro atoms. The highest BCUT2D eigenvalue weighted by atomic mass is 35.5. The van der Waals surface area contributed by atoms with Gasteiger partial charge >= 0.3 is 7.60 Å². The minimum Gasteiger partial charge on any atom is -0.387 e. The van der Waals surface area contributed by atoms with Gasteiger partial charge in [-0.05, 0) is 36.3 Å². The van der Waals surface area contributed by atoms with E-state index in [-0.39, 0.29) is 11.9 Å². The number of aromatic nitrogens is 3. The summed E-state index contributed by atoms with van der Waals surface area (Å²) in [5.41, 5.74) is 1.72. The third kappa shape index (κ3) is 4.17. The quantitative estimate of drug-likeness (QED) is 0.294. The monoisotopic (exact) mass is 488 g/mol. The Morgan fingerprint density at radius 1 is 1.22 bits per heavy atom. The number of aliphatic hydroxyl groups is 2. The van der Waals surface area contributed by atoms with Crippen molar-refractivity contribution in [3.05, 3.63) is 17.0 Å².